The van der Waals surface area contributed by atoms with Gasteiger partial charge in [0.05, 0.1) is 12.2 Å². The molecule has 0 aromatic heterocycles. The van der Waals surface area contributed by atoms with Crippen LogP contribution in [-0.4, -0.2) is 34.5 Å². The molecule has 0 aliphatic rings. The molecule has 0 fully saturated rings. The second kappa shape index (κ2) is 10.5. The van der Waals surface area contributed by atoms with Gasteiger partial charge in [-0.1, -0.05) is 85.4 Å². The smallest absolute Gasteiger partial charge is 0.192 e. The Labute approximate surface area is 194 Å². The normalized spacial score (nSPS) is 16.6. The molecule has 3 nitrogen and oxygen atoms in total. The molecular formula is C26H48O3Si2. The minimum atomic E-state index is -2.05. The molecule has 0 saturated heterocycles. The van der Waals surface area contributed by atoms with Crippen LogP contribution in [0.15, 0.2) is 42.5 Å². The summed E-state index contributed by atoms with van der Waals surface area (Å²) in [5.74, 6) is -0.100. The molecule has 1 rings (SSSR count). The second-order valence-electron chi connectivity index (χ2n) is 12.0. The van der Waals surface area contributed by atoms with Crippen LogP contribution in [0, 0.1) is 5.92 Å². The molecule has 3 atom stereocenters. The quantitative estimate of drug-likeness (QED) is 0.284. The summed E-state index contributed by atoms with van der Waals surface area (Å²) in [4.78, 5) is 0. The molecule has 0 aliphatic carbocycles. The van der Waals surface area contributed by atoms with Gasteiger partial charge in [-0.3, -0.25) is 0 Å². The summed E-state index contributed by atoms with van der Waals surface area (Å²) in [5, 5.41) is 11.4. The molecule has 0 aliphatic heterocycles. The third-order valence-corrected chi connectivity index (χ3v) is 16.4. The van der Waals surface area contributed by atoms with Gasteiger partial charge < -0.3 is 14.0 Å². The van der Waals surface area contributed by atoms with E-state index in [9.17, 15) is 5.11 Å². The maximum Gasteiger partial charge on any atom is 0.192 e. The standard InChI is InChI=1S/C26H48O3Si2/c1-20(18-19-28-30(9,10)25(3,4)5)24(29-31(11,12)26(6,7)8)21(2)23(27)22-16-14-13-15-17-22/h13-17,21,23-24,27H,1,18-19H2,2-12H3/t21-,23+,24-/m1/s1. The van der Waals surface area contributed by atoms with Crippen molar-refractivity contribution >= 4 is 16.6 Å². The average Bonchev–Trinajstić information content (AvgIpc) is 2.63. The Kier molecular flexibility index (Phi) is 9.56. The Balaban J connectivity index is 3.05. The van der Waals surface area contributed by atoms with Gasteiger partial charge in [0.25, 0.3) is 0 Å². The first-order valence-corrected chi connectivity index (χ1v) is 17.4. The van der Waals surface area contributed by atoms with E-state index in [0.29, 0.717) is 6.61 Å². The Morgan fingerprint density at radius 3 is 1.87 bits per heavy atom. The van der Waals surface area contributed by atoms with Crippen molar-refractivity contribution in [2.45, 2.75) is 103 Å². The average molecular weight is 465 g/mol. The molecule has 0 saturated carbocycles. The lowest BCUT2D eigenvalue weighted by molar-refractivity contribution is 0.0421. The Hall–Kier alpha value is -0.726. The summed E-state index contributed by atoms with van der Waals surface area (Å²) >= 11 is 0. The zero-order valence-corrected chi connectivity index (χ0v) is 24.0. The highest BCUT2D eigenvalue weighted by Crippen LogP contribution is 2.41. The molecule has 0 unspecified atom stereocenters. The third kappa shape index (κ3) is 7.67. The van der Waals surface area contributed by atoms with Crippen molar-refractivity contribution in [1.29, 1.82) is 0 Å². The van der Waals surface area contributed by atoms with Crippen LogP contribution in [0.2, 0.25) is 36.3 Å². The fourth-order valence-corrected chi connectivity index (χ4v) is 5.39. The van der Waals surface area contributed by atoms with Gasteiger partial charge in [-0.15, -0.1) is 0 Å². The summed E-state index contributed by atoms with van der Waals surface area (Å²) in [6.45, 7) is 29.8. The first-order valence-electron chi connectivity index (χ1n) is 11.6. The molecule has 0 amide bonds. The largest absolute Gasteiger partial charge is 0.417 e. The van der Waals surface area contributed by atoms with Crippen molar-refractivity contribution in [3.63, 3.8) is 0 Å². The van der Waals surface area contributed by atoms with Crippen LogP contribution >= 0.6 is 0 Å². The van der Waals surface area contributed by atoms with E-state index in [1.54, 1.807) is 0 Å². The van der Waals surface area contributed by atoms with Crippen LogP contribution < -0.4 is 0 Å². The third-order valence-electron chi connectivity index (χ3n) is 7.44. The monoisotopic (exact) mass is 464 g/mol. The Bertz CT molecular complexity index is 700. The Morgan fingerprint density at radius 1 is 0.935 bits per heavy atom. The highest BCUT2D eigenvalue weighted by molar-refractivity contribution is 6.74. The fourth-order valence-electron chi connectivity index (χ4n) is 2.97. The predicted molar refractivity (Wildman–Crippen MR) is 140 cm³/mol. The van der Waals surface area contributed by atoms with E-state index in [4.69, 9.17) is 8.85 Å². The van der Waals surface area contributed by atoms with Gasteiger partial charge in [0.1, 0.15) is 0 Å². The van der Waals surface area contributed by atoms with Crippen molar-refractivity contribution in [2.24, 2.45) is 5.92 Å². The number of benzene rings is 1. The Morgan fingerprint density at radius 2 is 1.42 bits per heavy atom. The van der Waals surface area contributed by atoms with Crippen LogP contribution in [0.4, 0.5) is 0 Å². The van der Waals surface area contributed by atoms with Gasteiger partial charge in [-0.2, -0.15) is 0 Å². The lowest BCUT2D eigenvalue weighted by atomic mass is 9.88. The van der Waals surface area contributed by atoms with Crippen molar-refractivity contribution in [3.05, 3.63) is 48.0 Å². The van der Waals surface area contributed by atoms with Crippen LogP contribution in [0.25, 0.3) is 0 Å². The molecule has 1 aromatic rings. The molecule has 1 aromatic carbocycles. The SMILES string of the molecule is C=C(CCO[Si](C)(C)C(C)(C)C)[C@@H](O[Si](C)(C)C(C)(C)C)[C@H](C)[C@H](O)c1ccccc1. The van der Waals surface area contributed by atoms with Crippen LogP contribution in [0.5, 0.6) is 0 Å². The predicted octanol–water partition coefficient (Wildman–Crippen LogP) is 7.71. The van der Waals surface area contributed by atoms with Gasteiger partial charge >= 0.3 is 0 Å². The number of aliphatic hydroxyl groups is 1. The van der Waals surface area contributed by atoms with Crippen molar-refractivity contribution in [1.82, 2.24) is 0 Å². The van der Waals surface area contributed by atoms with Crippen LogP contribution in [-0.2, 0) is 8.85 Å². The highest BCUT2D eigenvalue weighted by Gasteiger charge is 2.42. The van der Waals surface area contributed by atoms with E-state index in [1.165, 1.54) is 0 Å². The summed E-state index contributed by atoms with van der Waals surface area (Å²) in [5.41, 5.74) is 1.94. The summed E-state index contributed by atoms with van der Waals surface area (Å²) in [7, 11) is -3.86. The molecule has 0 heterocycles. The van der Waals surface area contributed by atoms with Crippen molar-refractivity contribution < 1.29 is 14.0 Å². The zero-order valence-electron chi connectivity index (χ0n) is 22.0. The van der Waals surface area contributed by atoms with Crippen LogP contribution in [0.3, 0.4) is 0 Å². The van der Waals surface area contributed by atoms with Gasteiger partial charge in [0.2, 0.25) is 0 Å². The zero-order chi connectivity index (χ0) is 24.3. The molecule has 0 radical (unpaired) electrons. The lowest BCUT2D eigenvalue weighted by Crippen LogP contribution is -2.47. The molecule has 0 spiro atoms. The summed E-state index contributed by atoms with van der Waals surface area (Å²) in [6.07, 6.45) is -0.0642. The second-order valence-corrected chi connectivity index (χ2v) is 21.6. The van der Waals surface area contributed by atoms with Crippen molar-refractivity contribution in [2.75, 3.05) is 6.61 Å². The first-order chi connectivity index (χ1) is 13.9. The van der Waals surface area contributed by atoms with Gasteiger partial charge in [0, 0.05) is 12.5 Å². The minimum Gasteiger partial charge on any atom is -0.417 e. The van der Waals surface area contributed by atoms with Crippen LogP contribution in [0.1, 0.15) is 66.6 Å². The minimum absolute atomic E-state index is 0.0839. The number of aliphatic hydroxyl groups excluding tert-OH is 1. The lowest BCUT2D eigenvalue weighted by Gasteiger charge is -2.42. The highest BCUT2D eigenvalue weighted by atomic mass is 28.4. The maximum absolute atomic E-state index is 11.1. The van der Waals surface area contributed by atoms with Crippen molar-refractivity contribution in [3.8, 4) is 0 Å². The van der Waals surface area contributed by atoms with E-state index in [-0.39, 0.29) is 22.1 Å². The molecule has 178 valence electrons. The van der Waals surface area contributed by atoms with E-state index in [2.05, 4.69) is 81.2 Å². The summed E-state index contributed by atoms with van der Waals surface area (Å²) < 4.78 is 13.3. The maximum atomic E-state index is 11.1. The molecule has 5 heteroatoms. The number of rotatable bonds is 10. The first kappa shape index (κ1) is 28.3. The number of hydrogen-bond donors (Lipinski definition) is 1. The topological polar surface area (TPSA) is 38.7 Å². The molecular weight excluding hydrogens is 416 g/mol. The molecule has 1 N–H and O–H groups in total. The van der Waals surface area contributed by atoms with E-state index in [0.717, 1.165) is 17.6 Å². The molecule has 31 heavy (non-hydrogen) atoms. The van der Waals surface area contributed by atoms with Gasteiger partial charge in [-0.25, -0.2) is 0 Å². The van der Waals surface area contributed by atoms with E-state index >= 15 is 0 Å². The number of hydrogen-bond acceptors (Lipinski definition) is 3. The van der Waals surface area contributed by atoms with Gasteiger partial charge in [-0.05, 0) is 53.8 Å². The summed E-state index contributed by atoms with van der Waals surface area (Å²) in [6, 6.07) is 9.87. The van der Waals surface area contributed by atoms with Gasteiger partial charge in [0.15, 0.2) is 16.6 Å². The van der Waals surface area contributed by atoms with E-state index in [1.807, 2.05) is 30.3 Å². The van der Waals surface area contributed by atoms with E-state index < -0.39 is 22.7 Å². The fraction of sp³-hybridized carbons (Fsp3) is 0.692. The molecule has 0 bridgehead atoms.